The van der Waals surface area contributed by atoms with E-state index >= 15 is 0 Å². The summed E-state index contributed by atoms with van der Waals surface area (Å²) in [6.07, 6.45) is -0.469. The lowest BCUT2D eigenvalue weighted by Gasteiger charge is -2.42. The Labute approximate surface area is 241 Å². The van der Waals surface area contributed by atoms with Crippen molar-refractivity contribution in [3.63, 3.8) is 0 Å². The summed E-state index contributed by atoms with van der Waals surface area (Å²) < 4.78 is 24.2. The van der Waals surface area contributed by atoms with Gasteiger partial charge >= 0.3 is 0 Å². The summed E-state index contributed by atoms with van der Waals surface area (Å²) >= 11 is 0. The molecule has 2 aromatic rings. The number of phenols is 2. The molecule has 3 heterocycles. The number of carbonyl (C=O) groups is 3. The van der Waals surface area contributed by atoms with Gasteiger partial charge in [0.1, 0.15) is 35.2 Å². The van der Waals surface area contributed by atoms with Crippen molar-refractivity contribution < 1.29 is 48.7 Å². The Morgan fingerprint density at radius 1 is 1.10 bits per heavy atom. The number of hydrogen-bond donors (Lipinski definition) is 3. The second-order valence-electron chi connectivity index (χ2n) is 12.0. The molecule has 3 N–H and O–H groups in total. The molecule has 3 saturated heterocycles. The molecule has 5 aliphatic rings. The van der Waals surface area contributed by atoms with Crippen molar-refractivity contribution in [1.82, 2.24) is 4.90 Å². The molecule has 11 heteroatoms. The Kier molecular flexibility index (Phi) is 6.27. The largest absolute Gasteiger partial charge is 0.507 e. The minimum atomic E-state index is -1.95. The Bertz CT molecular complexity index is 1540. The standard InChI is InChI=1S/C31H33NO10/c1-13-30-17(32-9-5-8-20(32)42-30)10-21(40-13)41-19-12-31(38,14(2)33)11-16-23(19)29(37)25-24(27(16)35)26(34)15-6-4-7-18(39-3)22(15)28(25)36/h4,6-7,13,17,19-21,30,35,37-38H,5,8-12H2,1-3H3/t13?,17?,19-,20?,21?,30?,31-/m0/s1. The van der Waals surface area contributed by atoms with Crippen molar-refractivity contribution in [2.75, 3.05) is 13.7 Å². The Morgan fingerprint density at radius 2 is 1.86 bits per heavy atom. The molecule has 3 fully saturated rings. The maximum atomic E-state index is 13.8. The minimum Gasteiger partial charge on any atom is -0.507 e. The van der Waals surface area contributed by atoms with Gasteiger partial charge in [-0.3, -0.25) is 19.3 Å². The molecular formula is C31H33NO10. The smallest absolute Gasteiger partial charge is 0.202 e. The summed E-state index contributed by atoms with van der Waals surface area (Å²) in [7, 11) is 1.37. The van der Waals surface area contributed by atoms with Gasteiger partial charge in [0.05, 0.1) is 36.0 Å². The number of ether oxygens (including phenoxy) is 4. The second kappa shape index (κ2) is 9.58. The van der Waals surface area contributed by atoms with Gasteiger partial charge in [-0.05, 0) is 32.8 Å². The van der Waals surface area contributed by atoms with Crippen LogP contribution in [0.3, 0.4) is 0 Å². The number of aromatic hydroxyl groups is 2. The van der Waals surface area contributed by atoms with Gasteiger partial charge in [-0.1, -0.05) is 12.1 Å². The molecular weight excluding hydrogens is 546 g/mol. The number of carbonyl (C=O) groups excluding carboxylic acids is 3. The van der Waals surface area contributed by atoms with Crippen molar-refractivity contribution in [2.45, 2.75) is 88.4 Å². The second-order valence-corrected chi connectivity index (χ2v) is 12.0. The number of nitrogens with zero attached hydrogens (tertiary/aromatic N) is 1. The van der Waals surface area contributed by atoms with E-state index in [1.165, 1.54) is 26.2 Å². The Morgan fingerprint density at radius 3 is 2.60 bits per heavy atom. The molecule has 222 valence electrons. The van der Waals surface area contributed by atoms with Crippen LogP contribution in [0.1, 0.15) is 88.6 Å². The monoisotopic (exact) mass is 579 g/mol. The zero-order chi connectivity index (χ0) is 29.7. The van der Waals surface area contributed by atoms with E-state index in [1.807, 2.05) is 6.92 Å². The molecule has 2 aromatic carbocycles. The SMILES string of the molecule is COc1cccc2c1C(=O)c1c(O)c3c(c(O)c1C2=O)C[C@@](O)(C(C)=O)C[C@@H]3OC1CC2C(OC3CCCN32)C(C)O1. The maximum Gasteiger partial charge on any atom is 0.202 e. The Balaban J connectivity index is 1.32. The molecule has 5 unspecified atom stereocenters. The average molecular weight is 580 g/mol. The van der Waals surface area contributed by atoms with Crippen LogP contribution in [0.2, 0.25) is 0 Å². The van der Waals surface area contributed by atoms with Crippen LogP contribution in [0.5, 0.6) is 17.2 Å². The first kappa shape index (κ1) is 27.5. The van der Waals surface area contributed by atoms with Crippen molar-refractivity contribution in [3.05, 3.63) is 51.6 Å². The van der Waals surface area contributed by atoms with E-state index in [-0.39, 0.29) is 76.4 Å². The van der Waals surface area contributed by atoms with Gasteiger partial charge in [-0.2, -0.15) is 0 Å². The predicted molar refractivity (Wildman–Crippen MR) is 145 cm³/mol. The number of rotatable bonds is 4. The van der Waals surface area contributed by atoms with Gasteiger partial charge in [-0.15, -0.1) is 0 Å². The first-order valence-electron chi connectivity index (χ1n) is 14.4. The van der Waals surface area contributed by atoms with Gasteiger partial charge in [0, 0.05) is 48.5 Å². The maximum absolute atomic E-state index is 13.8. The van der Waals surface area contributed by atoms with E-state index in [0.717, 1.165) is 19.4 Å². The molecule has 0 amide bonds. The van der Waals surface area contributed by atoms with E-state index in [0.29, 0.717) is 6.42 Å². The van der Waals surface area contributed by atoms with Gasteiger partial charge in [-0.25, -0.2) is 0 Å². The minimum absolute atomic E-state index is 0.0155. The number of benzene rings is 2. The van der Waals surface area contributed by atoms with E-state index < -0.39 is 46.8 Å². The van der Waals surface area contributed by atoms with E-state index in [2.05, 4.69) is 4.90 Å². The molecule has 7 rings (SSSR count). The summed E-state index contributed by atoms with van der Waals surface area (Å²) in [5, 5.41) is 34.6. The van der Waals surface area contributed by atoms with E-state index in [9.17, 15) is 29.7 Å². The van der Waals surface area contributed by atoms with Crippen molar-refractivity contribution in [2.24, 2.45) is 0 Å². The topological polar surface area (TPSA) is 152 Å². The highest BCUT2D eigenvalue weighted by Crippen LogP contribution is 2.53. The first-order chi connectivity index (χ1) is 20.0. The highest BCUT2D eigenvalue weighted by Gasteiger charge is 2.53. The van der Waals surface area contributed by atoms with Crippen LogP contribution in [0, 0.1) is 0 Å². The van der Waals surface area contributed by atoms with Crippen molar-refractivity contribution in [1.29, 1.82) is 0 Å². The molecule has 42 heavy (non-hydrogen) atoms. The summed E-state index contributed by atoms with van der Waals surface area (Å²) in [4.78, 5) is 42.4. The molecule has 0 radical (unpaired) electrons. The van der Waals surface area contributed by atoms with Gasteiger partial charge in [0.25, 0.3) is 0 Å². The lowest BCUT2D eigenvalue weighted by Crippen LogP contribution is -2.51. The summed E-state index contributed by atoms with van der Waals surface area (Å²) in [5.41, 5.74) is -2.65. The third kappa shape index (κ3) is 3.80. The fourth-order valence-electron chi connectivity index (χ4n) is 7.58. The molecule has 3 aliphatic heterocycles. The van der Waals surface area contributed by atoms with Crippen LogP contribution in [0.25, 0.3) is 0 Å². The van der Waals surface area contributed by atoms with Crippen LogP contribution in [-0.4, -0.2) is 87.6 Å². The van der Waals surface area contributed by atoms with E-state index in [4.69, 9.17) is 18.9 Å². The van der Waals surface area contributed by atoms with Crippen LogP contribution in [-0.2, 0) is 25.4 Å². The van der Waals surface area contributed by atoms with Crippen molar-refractivity contribution >= 4 is 17.3 Å². The summed E-state index contributed by atoms with van der Waals surface area (Å²) in [5.74, 6) is -2.87. The lowest BCUT2D eigenvalue weighted by molar-refractivity contribution is -0.247. The van der Waals surface area contributed by atoms with Gasteiger partial charge in [0.15, 0.2) is 17.9 Å². The van der Waals surface area contributed by atoms with Crippen molar-refractivity contribution in [3.8, 4) is 17.2 Å². The number of Topliss-reactive ketones (excluding diaryl/α,β-unsaturated/α-hetero) is 1. The van der Waals surface area contributed by atoms with Crippen LogP contribution in [0.4, 0.5) is 0 Å². The lowest BCUT2D eigenvalue weighted by atomic mass is 9.72. The molecule has 0 saturated carbocycles. The van der Waals surface area contributed by atoms with Crippen LogP contribution < -0.4 is 4.74 Å². The fourth-order valence-corrected chi connectivity index (χ4v) is 7.58. The highest BCUT2D eigenvalue weighted by molar-refractivity contribution is 6.31. The molecule has 2 aliphatic carbocycles. The molecule has 0 bridgehead atoms. The zero-order valence-corrected chi connectivity index (χ0v) is 23.6. The number of phenolic OH excluding ortho intramolecular Hbond substituents is 2. The number of hydrogen-bond acceptors (Lipinski definition) is 11. The average Bonchev–Trinajstić information content (AvgIpc) is 3.55. The Hall–Kier alpha value is -3.35. The first-order valence-corrected chi connectivity index (χ1v) is 14.4. The van der Waals surface area contributed by atoms with Crippen LogP contribution >= 0.6 is 0 Å². The van der Waals surface area contributed by atoms with Crippen LogP contribution in [0.15, 0.2) is 18.2 Å². The summed E-state index contributed by atoms with van der Waals surface area (Å²) in [6, 6.07) is 4.59. The third-order valence-corrected chi connectivity index (χ3v) is 9.67. The quantitative estimate of drug-likeness (QED) is 0.391. The van der Waals surface area contributed by atoms with Gasteiger partial charge in [0.2, 0.25) is 5.78 Å². The number of methoxy groups -OCH3 is 1. The molecule has 0 spiro atoms. The number of aliphatic hydroxyl groups is 1. The third-order valence-electron chi connectivity index (χ3n) is 9.67. The van der Waals surface area contributed by atoms with E-state index in [1.54, 1.807) is 6.07 Å². The molecule has 7 atom stereocenters. The highest BCUT2D eigenvalue weighted by atomic mass is 16.7. The van der Waals surface area contributed by atoms with Gasteiger partial charge < -0.3 is 34.3 Å². The number of fused-ring (bicyclic) bond motifs is 6. The predicted octanol–water partition coefficient (Wildman–Crippen LogP) is 2.53. The molecule has 0 aromatic heterocycles. The molecule has 11 nitrogen and oxygen atoms in total. The number of ketones is 3. The summed E-state index contributed by atoms with van der Waals surface area (Å²) in [6.45, 7) is 4.05. The zero-order valence-electron chi connectivity index (χ0n) is 23.6. The normalized spacial score (nSPS) is 33.4. The fraction of sp³-hybridized carbons (Fsp3) is 0.516.